The van der Waals surface area contributed by atoms with Gasteiger partial charge >= 0.3 is 0 Å². The fraction of sp³-hybridized carbons (Fsp3) is 0.270. The molecule has 0 unspecified atom stereocenters. The molecule has 12 nitrogen and oxygen atoms in total. The highest BCUT2D eigenvalue weighted by molar-refractivity contribution is 6.32. The molecule has 0 aliphatic heterocycles. The first-order valence-electron chi connectivity index (χ1n) is 35.7. The predicted molar refractivity (Wildman–Crippen MR) is 426 cm³/mol. The Kier molecular flexibility index (Phi) is 25.3. The molecule has 0 saturated heterocycles. The summed E-state index contributed by atoms with van der Waals surface area (Å²) in [6.07, 6.45) is 6.94. The van der Waals surface area contributed by atoms with E-state index < -0.39 is 0 Å². The Morgan fingerprint density at radius 3 is 1.41 bits per heavy atom. The zero-order chi connectivity index (χ0) is 73.6. The van der Waals surface area contributed by atoms with Gasteiger partial charge in [-0.05, 0) is 250 Å². The van der Waals surface area contributed by atoms with E-state index in [9.17, 15) is 14.4 Å². The summed E-state index contributed by atoms with van der Waals surface area (Å²) in [7, 11) is 5.64. The van der Waals surface area contributed by atoms with Gasteiger partial charge in [0, 0.05) is 101 Å². The Morgan fingerprint density at radius 1 is 0.471 bits per heavy atom. The van der Waals surface area contributed by atoms with Crippen LogP contribution in [0.5, 0.6) is 28.7 Å². The quantitative estimate of drug-likeness (QED) is 0.0485. The number of carbonyl (C=O) groups is 3. The summed E-state index contributed by atoms with van der Waals surface area (Å²) in [6, 6.07) is 62.5. The Hall–Kier alpha value is -9.98. The van der Waals surface area contributed by atoms with Crippen molar-refractivity contribution in [2.24, 2.45) is 7.05 Å². The fourth-order valence-electron chi connectivity index (χ4n) is 13.9. The minimum atomic E-state index is -0.0179. The summed E-state index contributed by atoms with van der Waals surface area (Å²) in [4.78, 5) is 44.2. The van der Waals surface area contributed by atoms with Gasteiger partial charge in [-0.15, -0.1) is 0 Å². The Morgan fingerprint density at radius 2 is 0.904 bits per heavy atom. The highest BCUT2D eigenvalue weighted by Crippen LogP contribution is 2.39. The number of aromatic amines is 1. The molecule has 0 fully saturated rings. The lowest BCUT2D eigenvalue weighted by Crippen LogP contribution is -2.28. The summed E-state index contributed by atoms with van der Waals surface area (Å²) < 4.78 is 26.1. The zero-order valence-electron chi connectivity index (χ0n) is 61.2. The van der Waals surface area contributed by atoms with E-state index >= 15 is 0 Å². The van der Waals surface area contributed by atoms with Crippen molar-refractivity contribution in [3.63, 3.8) is 0 Å². The van der Waals surface area contributed by atoms with E-state index in [1.54, 1.807) is 19.0 Å². The maximum absolute atomic E-state index is 13.4. The van der Waals surface area contributed by atoms with E-state index in [0.717, 1.165) is 166 Å². The average molecular weight is 1450 g/mol. The molecule has 2 aliphatic carbocycles. The topological polar surface area (TPSA) is 136 Å². The highest BCUT2D eigenvalue weighted by Gasteiger charge is 2.28. The number of aryl methyl sites for hydroxylation is 8. The van der Waals surface area contributed by atoms with Crippen LogP contribution in [0.3, 0.4) is 0 Å². The van der Waals surface area contributed by atoms with Crippen LogP contribution in [-0.2, 0) is 48.9 Å². The second kappa shape index (κ2) is 35.0. The molecule has 536 valence electrons. The molecule has 13 rings (SSSR count). The SMILES string of the molecule is Cc1cc(OCCCC2=C(C(=O)NCCc3c(C)n(C)c4ccccc34)Cc3ccccc32)cc(C)c1Cl.Cc1cc(OCCCC2=C(C(=O)NCc3ccc(Oc4ccccc4)cc3)Cc3ccccc32)cc(C)c1Cl.Cc1cc(OCCCc2c(C(=O)N(C)C)[nH]c3ccccc23)cc(C)c1Cl. The number of hydrogen-bond acceptors (Lipinski definition) is 7. The molecule has 0 spiro atoms. The molecule has 104 heavy (non-hydrogen) atoms. The number of ether oxygens (including phenoxy) is 4. The molecule has 11 aromatic rings. The molecular weight excluding hydrogens is 1360 g/mol. The largest absolute Gasteiger partial charge is 0.494 e. The second-order valence-electron chi connectivity index (χ2n) is 27.2. The van der Waals surface area contributed by atoms with Crippen LogP contribution in [-0.4, -0.2) is 72.6 Å². The normalized spacial score (nSPS) is 12.1. The number of aromatic nitrogens is 2. The van der Waals surface area contributed by atoms with Crippen LogP contribution < -0.4 is 29.6 Å². The molecule has 3 amide bonds. The number of fused-ring (bicyclic) bond motifs is 4. The third kappa shape index (κ3) is 18.3. The van der Waals surface area contributed by atoms with Gasteiger partial charge < -0.3 is 44.0 Å². The van der Waals surface area contributed by atoms with Gasteiger partial charge in [0.25, 0.3) is 5.91 Å². The number of hydrogen-bond donors (Lipinski definition) is 3. The predicted octanol–water partition coefficient (Wildman–Crippen LogP) is 20.7. The molecule has 15 heteroatoms. The fourth-order valence-corrected chi connectivity index (χ4v) is 14.3. The zero-order valence-corrected chi connectivity index (χ0v) is 63.5. The van der Waals surface area contributed by atoms with Crippen molar-refractivity contribution >= 4 is 85.5 Å². The van der Waals surface area contributed by atoms with Crippen molar-refractivity contribution in [2.45, 2.75) is 113 Å². The van der Waals surface area contributed by atoms with Gasteiger partial charge in [0.1, 0.15) is 34.4 Å². The molecule has 2 heterocycles. The molecule has 2 aromatic heterocycles. The number of benzene rings is 9. The minimum absolute atomic E-state index is 0.00827. The van der Waals surface area contributed by atoms with Crippen LogP contribution >= 0.6 is 34.8 Å². The maximum Gasteiger partial charge on any atom is 0.270 e. The van der Waals surface area contributed by atoms with Crippen molar-refractivity contribution in [2.75, 3.05) is 40.5 Å². The average Bonchev–Trinajstić information content (AvgIpc) is 1.65. The summed E-state index contributed by atoms with van der Waals surface area (Å²) in [6.45, 7) is 16.9. The third-order valence-electron chi connectivity index (χ3n) is 19.4. The van der Waals surface area contributed by atoms with Crippen molar-refractivity contribution < 1.29 is 33.3 Å². The number of allylic oxidation sites excluding steroid dienone is 2. The summed E-state index contributed by atoms with van der Waals surface area (Å²) in [5.74, 6) is 4.07. The molecule has 3 N–H and O–H groups in total. The van der Waals surface area contributed by atoms with E-state index in [1.165, 1.54) is 44.4 Å². The third-order valence-corrected chi connectivity index (χ3v) is 21.2. The first kappa shape index (κ1) is 75.2. The van der Waals surface area contributed by atoms with Gasteiger partial charge in [-0.3, -0.25) is 14.4 Å². The maximum atomic E-state index is 13.4. The summed E-state index contributed by atoms with van der Waals surface area (Å²) in [5, 5.41) is 11.1. The number of rotatable bonds is 25. The lowest BCUT2D eigenvalue weighted by atomic mass is 10.0. The van der Waals surface area contributed by atoms with Crippen LogP contribution in [0, 0.1) is 48.5 Å². The van der Waals surface area contributed by atoms with Crippen molar-refractivity contribution in [1.82, 2.24) is 25.1 Å². The summed E-state index contributed by atoms with van der Waals surface area (Å²) >= 11 is 18.8. The number of carbonyl (C=O) groups excluding carboxylic acids is 3. The molecular formula is C89H92Cl3N5O7. The first-order valence-corrected chi connectivity index (χ1v) is 36.9. The van der Waals surface area contributed by atoms with Gasteiger partial charge in [0.05, 0.1) is 19.8 Å². The monoisotopic (exact) mass is 1450 g/mol. The van der Waals surface area contributed by atoms with E-state index in [-0.39, 0.29) is 17.7 Å². The van der Waals surface area contributed by atoms with Crippen LogP contribution in [0.4, 0.5) is 0 Å². The molecule has 2 aliphatic rings. The number of H-pyrrole nitrogens is 1. The Balaban J connectivity index is 0.000000159. The lowest BCUT2D eigenvalue weighted by Gasteiger charge is -2.12. The van der Waals surface area contributed by atoms with E-state index in [2.05, 4.69) is 101 Å². The molecule has 0 radical (unpaired) electrons. The second-order valence-corrected chi connectivity index (χ2v) is 28.3. The van der Waals surface area contributed by atoms with E-state index in [4.69, 9.17) is 53.8 Å². The summed E-state index contributed by atoms with van der Waals surface area (Å²) in [5.41, 5.74) is 22.4. The van der Waals surface area contributed by atoms with E-state index in [0.29, 0.717) is 51.4 Å². The number of amides is 3. The number of nitrogens with zero attached hydrogens (tertiary/aromatic N) is 2. The van der Waals surface area contributed by atoms with Gasteiger partial charge in [-0.2, -0.15) is 0 Å². The lowest BCUT2D eigenvalue weighted by molar-refractivity contribution is -0.118. The number of halogens is 3. The van der Waals surface area contributed by atoms with Crippen molar-refractivity contribution in [3.8, 4) is 28.7 Å². The van der Waals surface area contributed by atoms with Crippen molar-refractivity contribution in [3.05, 3.63) is 298 Å². The Bertz CT molecular complexity index is 4920. The number of para-hydroxylation sites is 3. The molecule has 0 bridgehead atoms. The Labute approximate surface area is 627 Å². The van der Waals surface area contributed by atoms with Gasteiger partial charge in [0.2, 0.25) is 11.8 Å². The molecule has 0 atom stereocenters. The minimum Gasteiger partial charge on any atom is -0.494 e. The smallest absolute Gasteiger partial charge is 0.270 e. The first-order chi connectivity index (χ1) is 50.2. The molecule has 0 saturated carbocycles. The van der Waals surface area contributed by atoms with Gasteiger partial charge in [-0.1, -0.05) is 150 Å². The van der Waals surface area contributed by atoms with Crippen LogP contribution in [0.1, 0.15) is 121 Å². The van der Waals surface area contributed by atoms with E-state index in [1.807, 2.05) is 163 Å². The van der Waals surface area contributed by atoms with Crippen molar-refractivity contribution in [1.29, 1.82) is 0 Å². The standard InChI is InChI=1S/C34H32ClNO3.C33H35ClN2O2.C22H25ClN2O2/c1-23-19-29(20-24(2)33(23)35)38-18-8-13-31-30-12-7-6-9-26(30)21-32(31)34(37)36-22-25-14-16-28(17-15-25)39-27-10-4-3-5-11-27;1-21-18-25(19-22(2)32(21)34)38-17-9-13-28-27-11-6-5-10-24(27)20-30(28)33(37)35-16-15-26-23(3)36(4)31-14-8-7-12-29(26)31;1-14-12-16(13-15(2)20(14)23)27-11-7-9-18-17-8-5-6-10-19(17)24-21(18)22(26)25(3)4/h3-7,9-12,14-17,19-20H,8,13,18,21-22H2,1-2H3,(H,36,37);5-8,10-12,14,18-19H,9,13,15-17,20H2,1-4H3,(H,35,37);5-6,8,10,12-13,24H,7,9,11H2,1-4H3. The highest BCUT2D eigenvalue weighted by atomic mass is 35.5. The molecule has 9 aromatic carbocycles. The van der Waals surface area contributed by atoms with Crippen LogP contribution in [0.15, 0.2) is 199 Å². The number of nitrogens with one attached hydrogen (secondary N) is 3. The van der Waals surface area contributed by atoms with Gasteiger partial charge in [-0.25, -0.2) is 0 Å². The van der Waals surface area contributed by atoms with Crippen LogP contribution in [0.2, 0.25) is 15.1 Å². The van der Waals surface area contributed by atoms with Gasteiger partial charge in [0.15, 0.2) is 0 Å². The van der Waals surface area contributed by atoms with Crippen LogP contribution in [0.25, 0.3) is 33.0 Å².